The van der Waals surface area contributed by atoms with Crippen LogP contribution in [0.1, 0.15) is 22.3 Å². The van der Waals surface area contributed by atoms with Gasteiger partial charge in [0.25, 0.3) is 0 Å². The first kappa shape index (κ1) is 26.9. The van der Waals surface area contributed by atoms with Gasteiger partial charge in [0.1, 0.15) is 0 Å². The number of carbonyl (C=O) groups excluding carboxylic acids is 1. The number of pyridine rings is 1. The maximum atomic E-state index is 13.2. The van der Waals surface area contributed by atoms with Gasteiger partial charge in [-0.1, -0.05) is 6.07 Å². The van der Waals surface area contributed by atoms with Crippen LogP contribution in [-0.2, 0) is 35.5 Å². The minimum atomic E-state index is -4.99. The van der Waals surface area contributed by atoms with E-state index in [1.54, 1.807) is 24.5 Å². The zero-order valence-corrected chi connectivity index (χ0v) is 18.9. The van der Waals surface area contributed by atoms with Crippen LogP contribution in [0.15, 0.2) is 71.9 Å². The maximum Gasteiger partial charge on any atom is 0.416 e. The normalized spacial score (nSPS) is 12.3. The summed E-state index contributed by atoms with van der Waals surface area (Å²) in [6.45, 7) is -0.844. The minimum absolute atomic E-state index is 0.186. The molecule has 0 fully saturated rings. The van der Waals surface area contributed by atoms with Gasteiger partial charge in [-0.25, -0.2) is 17.9 Å². The van der Waals surface area contributed by atoms with Crippen LogP contribution in [0.2, 0.25) is 0 Å². The molecular formula is C22H18F6N4O3S. The molecule has 7 nitrogen and oxygen atoms in total. The molecule has 3 rings (SSSR count). The molecule has 0 saturated heterocycles. The van der Waals surface area contributed by atoms with E-state index in [1.165, 1.54) is 12.1 Å². The van der Waals surface area contributed by atoms with Gasteiger partial charge in [-0.05, 0) is 59.7 Å². The van der Waals surface area contributed by atoms with Crippen molar-refractivity contribution in [3.05, 3.63) is 89.2 Å². The highest BCUT2D eigenvalue weighted by Gasteiger charge is 2.37. The molecule has 0 aliphatic heterocycles. The molecule has 0 unspecified atom stereocenters. The molecule has 1 heterocycles. The van der Waals surface area contributed by atoms with Crippen LogP contribution in [-0.4, -0.2) is 19.4 Å². The lowest BCUT2D eigenvalue weighted by Gasteiger charge is -2.16. The van der Waals surface area contributed by atoms with Crippen molar-refractivity contribution in [2.45, 2.75) is 30.3 Å². The molecule has 0 aliphatic rings. The van der Waals surface area contributed by atoms with Gasteiger partial charge in [0.15, 0.2) is 0 Å². The number of sulfonamides is 1. The van der Waals surface area contributed by atoms with Crippen LogP contribution in [0.3, 0.4) is 0 Å². The predicted octanol–water partition coefficient (Wildman–Crippen LogP) is 4.92. The zero-order chi connectivity index (χ0) is 26.6. The summed E-state index contributed by atoms with van der Waals surface area (Å²) in [5, 5.41) is 5.05. The summed E-state index contributed by atoms with van der Waals surface area (Å²) in [7, 11) is -4.39. The van der Waals surface area contributed by atoms with Gasteiger partial charge < -0.3 is 10.6 Å². The van der Waals surface area contributed by atoms with E-state index >= 15 is 0 Å². The Hall–Kier alpha value is -3.65. The van der Waals surface area contributed by atoms with Crippen LogP contribution in [0.25, 0.3) is 0 Å². The Morgan fingerprint density at radius 3 is 2.17 bits per heavy atom. The summed E-state index contributed by atoms with van der Waals surface area (Å²) in [5.41, 5.74) is -2.66. The molecule has 14 heteroatoms. The third-order valence-corrected chi connectivity index (χ3v) is 6.21. The van der Waals surface area contributed by atoms with Crippen LogP contribution >= 0.6 is 0 Å². The average Bonchev–Trinajstić information content (AvgIpc) is 2.81. The Kier molecular flexibility index (Phi) is 7.89. The molecule has 1 aromatic heterocycles. The van der Waals surface area contributed by atoms with E-state index in [2.05, 4.69) is 15.6 Å². The Morgan fingerprint density at radius 1 is 0.889 bits per heavy atom. The number of benzene rings is 2. The summed E-state index contributed by atoms with van der Waals surface area (Å²) < 4.78 is 105. The average molecular weight is 532 g/mol. The highest BCUT2D eigenvalue weighted by atomic mass is 32.2. The van der Waals surface area contributed by atoms with E-state index in [1.807, 2.05) is 4.72 Å². The van der Waals surface area contributed by atoms with E-state index in [4.69, 9.17) is 0 Å². The second-order valence-electron chi connectivity index (χ2n) is 7.39. The Morgan fingerprint density at radius 2 is 1.58 bits per heavy atom. The molecule has 3 aromatic rings. The molecule has 0 spiro atoms. The molecule has 0 saturated carbocycles. The molecule has 2 aromatic carbocycles. The van der Waals surface area contributed by atoms with Gasteiger partial charge in [0.05, 0.1) is 16.0 Å². The lowest BCUT2D eigenvalue weighted by atomic mass is 10.0. The van der Waals surface area contributed by atoms with Gasteiger partial charge in [-0.2, -0.15) is 26.3 Å². The van der Waals surface area contributed by atoms with Crippen molar-refractivity contribution >= 4 is 21.7 Å². The van der Waals surface area contributed by atoms with E-state index in [0.29, 0.717) is 0 Å². The number of rotatable bonds is 7. The smallest absolute Gasteiger partial charge is 0.334 e. The zero-order valence-electron chi connectivity index (χ0n) is 18.1. The molecule has 0 aliphatic carbocycles. The van der Waals surface area contributed by atoms with Gasteiger partial charge in [-0.3, -0.25) is 4.98 Å². The van der Waals surface area contributed by atoms with Gasteiger partial charge in [0, 0.05) is 31.2 Å². The van der Waals surface area contributed by atoms with Gasteiger partial charge in [0.2, 0.25) is 10.0 Å². The number of hydrogen-bond acceptors (Lipinski definition) is 4. The molecule has 0 atom stereocenters. The number of nitrogens with one attached hydrogen (secondary N) is 3. The first-order chi connectivity index (χ1) is 16.8. The SMILES string of the molecule is O=C(NCc1cccnc1)Nc1ccc(S(=O)(=O)NCc2cc(C(F)(F)F)ccc2C(F)(F)F)cc1. The molecule has 192 valence electrons. The van der Waals surface area contributed by atoms with Crippen LogP contribution < -0.4 is 15.4 Å². The summed E-state index contributed by atoms with van der Waals surface area (Å²) >= 11 is 0. The standard InChI is InChI=1S/C22H18F6N4O3S/c23-21(24,25)16-3-8-19(22(26,27)28)15(10-16)13-31-36(34,35)18-6-4-17(5-7-18)32-20(33)30-12-14-2-1-9-29-11-14/h1-11,31H,12-13H2,(H2,30,32,33). The number of alkyl halides is 6. The Balaban J connectivity index is 1.67. The number of nitrogens with zero attached hydrogens (tertiary/aromatic N) is 1. The molecule has 0 radical (unpaired) electrons. The first-order valence-corrected chi connectivity index (χ1v) is 11.5. The monoisotopic (exact) mass is 532 g/mol. The number of urea groups is 1. The number of amides is 2. The van der Waals surface area contributed by atoms with Crippen molar-refractivity contribution in [3.8, 4) is 0 Å². The van der Waals surface area contributed by atoms with Gasteiger partial charge in [-0.15, -0.1) is 0 Å². The third-order valence-electron chi connectivity index (χ3n) is 4.79. The number of hydrogen-bond donors (Lipinski definition) is 3. The van der Waals surface area contributed by atoms with Crippen LogP contribution in [0.5, 0.6) is 0 Å². The quantitative estimate of drug-likeness (QED) is 0.376. The van der Waals surface area contributed by atoms with E-state index in [0.717, 1.165) is 17.7 Å². The van der Waals surface area contributed by atoms with Crippen LogP contribution in [0, 0.1) is 0 Å². The second-order valence-corrected chi connectivity index (χ2v) is 9.15. The topological polar surface area (TPSA) is 100 Å². The number of halogens is 6. The van der Waals surface area contributed by atoms with Crippen molar-refractivity contribution in [2.75, 3.05) is 5.32 Å². The summed E-state index contributed by atoms with van der Waals surface area (Å²) in [5.74, 6) is 0. The van der Waals surface area contributed by atoms with E-state index < -0.39 is 51.6 Å². The minimum Gasteiger partial charge on any atom is -0.334 e. The fourth-order valence-corrected chi connectivity index (χ4v) is 4.03. The fourth-order valence-electron chi connectivity index (χ4n) is 3.03. The van der Waals surface area contributed by atoms with Crippen molar-refractivity contribution in [1.82, 2.24) is 15.0 Å². The van der Waals surface area contributed by atoms with Crippen molar-refractivity contribution in [1.29, 1.82) is 0 Å². The largest absolute Gasteiger partial charge is 0.416 e. The molecule has 2 amide bonds. The van der Waals surface area contributed by atoms with Crippen molar-refractivity contribution in [2.24, 2.45) is 0 Å². The lowest BCUT2D eigenvalue weighted by Crippen LogP contribution is -2.28. The summed E-state index contributed by atoms with van der Waals surface area (Å²) in [4.78, 5) is 15.5. The van der Waals surface area contributed by atoms with E-state index in [9.17, 15) is 39.6 Å². The number of anilines is 1. The Labute approximate surface area is 201 Å². The molecular weight excluding hydrogens is 514 g/mol. The Bertz CT molecular complexity index is 1310. The highest BCUT2D eigenvalue weighted by molar-refractivity contribution is 7.89. The lowest BCUT2D eigenvalue weighted by molar-refractivity contribution is -0.141. The predicted molar refractivity (Wildman–Crippen MR) is 117 cm³/mol. The summed E-state index contributed by atoms with van der Waals surface area (Å²) in [6.07, 6.45) is -6.77. The highest BCUT2D eigenvalue weighted by Crippen LogP contribution is 2.36. The third kappa shape index (κ3) is 7.18. The fraction of sp³-hybridized carbons (Fsp3) is 0.182. The number of aromatic nitrogens is 1. The molecule has 0 bridgehead atoms. The summed E-state index contributed by atoms with van der Waals surface area (Å²) in [6, 6.07) is 8.28. The van der Waals surface area contributed by atoms with Crippen molar-refractivity contribution in [3.63, 3.8) is 0 Å². The van der Waals surface area contributed by atoms with Crippen molar-refractivity contribution < 1.29 is 39.6 Å². The van der Waals surface area contributed by atoms with Gasteiger partial charge >= 0.3 is 18.4 Å². The molecule has 36 heavy (non-hydrogen) atoms. The maximum absolute atomic E-state index is 13.2. The number of carbonyl (C=O) groups is 1. The van der Waals surface area contributed by atoms with Crippen LogP contribution in [0.4, 0.5) is 36.8 Å². The molecule has 3 N–H and O–H groups in total. The second kappa shape index (κ2) is 10.5. The van der Waals surface area contributed by atoms with E-state index in [-0.39, 0.29) is 35.3 Å². The first-order valence-electron chi connectivity index (χ1n) is 10.1.